The first-order valence-corrected chi connectivity index (χ1v) is 6.53. The van der Waals surface area contributed by atoms with Crippen molar-refractivity contribution < 1.29 is 9.90 Å². The molecule has 0 saturated heterocycles. The lowest BCUT2D eigenvalue weighted by atomic mass is 10.2. The van der Waals surface area contributed by atoms with Crippen LogP contribution in [0.25, 0.3) is 0 Å². The second kappa shape index (κ2) is 6.26. The van der Waals surface area contributed by atoms with E-state index in [1.54, 1.807) is 6.07 Å². The molecule has 0 fully saturated rings. The first kappa shape index (κ1) is 14.8. The number of aromatic carboxylic acids is 1. The molecule has 0 radical (unpaired) electrons. The van der Waals surface area contributed by atoms with E-state index in [1.165, 1.54) is 18.6 Å². The van der Waals surface area contributed by atoms with Crippen molar-refractivity contribution >= 4 is 46.5 Å². The van der Waals surface area contributed by atoms with E-state index in [0.717, 1.165) is 0 Å². The van der Waals surface area contributed by atoms with Gasteiger partial charge in [-0.2, -0.15) is 0 Å². The first-order valence-electron chi connectivity index (χ1n) is 5.39. The highest BCUT2D eigenvalue weighted by Crippen LogP contribution is 2.32. The molecule has 2 rings (SSSR count). The van der Waals surface area contributed by atoms with Gasteiger partial charge in [-0.15, -0.1) is 0 Å². The number of benzene rings is 1. The van der Waals surface area contributed by atoms with Crippen LogP contribution in [0.15, 0.2) is 24.7 Å². The highest BCUT2D eigenvalue weighted by Gasteiger charge is 2.12. The van der Waals surface area contributed by atoms with Crippen molar-refractivity contribution in [3.63, 3.8) is 0 Å². The zero-order chi connectivity index (χ0) is 14.7. The third-order valence-corrected chi connectivity index (χ3v) is 3.52. The standard InChI is InChI=1S/C12H8Cl3N3O2/c13-7-1-9(15)10(2-8(7)14)17-4-11-6(12(19)20)3-16-5-18-11/h1-3,5,17H,4H2,(H,19,20). The average molecular weight is 333 g/mol. The summed E-state index contributed by atoms with van der Waals surface area (Å²) in [4.78, 5) is 18.6. The summed E-state index contributed by atoms with van der Waals surface area (Å²) in [7, 11) is 0. The molecule has 0 aliphatic carbocycles. The summed E-state index contributed by atoms with van der Waals surface area (Å²) in [5.41, 5.74) is 0.904. The molecule has 1 heterocycles. The number of aromatic nitrogens is 2. The van der Waals surface area contributed by atoms with E-state index < -0.39 is 5.97 Å². The predicted octanol–water partition coefficient (Wildman–Crippen LogP) is 3.75. The number of carboxylic acids is 1. The fraction of sp³-hybridized carbons (Fsp3) is 0.0833. The average Bonchev–Trinajstić information content (AvgIpc) is 2.41. The molecule has 0 spiro atoms. The second-order valence-corrected chi connectivity index (χ2v) is 5.01. The second-order valence-electron chi connectivity index (χ2n) is 3.79. The Morgan fingerprint density at radius 3 is 2.60 bits per heavy atom. The van der Waals surface area contributed by atoms with Gasteiger partial charge in [-0.3, -0.25) is 0 Å². The van der Waals surface area contributed by atoms with Gasteiger partial charge < -0.3 is 10.4 Å². The number of hydrogen-bond acceptors (Lipinski definition) is 4. The molecule has 5 nitrogen and oxygen atoms in total. The molecule has 0 unspecified atom stereocenters. The highest BCUT2D eigenvalue weighted by atomic mass is 35.5. The summed E-state index contributed by atoms with van der Waals surface area (Å²) in [6, 6.07) is 3.07. The summed E-state index contributed by atoms with van der Waals surface area (Å²) in [5, 5.41) is 13.1. The Balaban J connectivity index is 2.21. The molecule has 0 atom stereocenters. The molecule has 0 saturated carbocycles. The minimum atomic E-state index is -1.09. The van der Waals surface area contributed by atoms with Crippen LogP contribution in [-0.2, 0) is 6.54 Å². The van der Waals surface area contributed by atoms with Crippen LogP contribution in [0, 0.1) is 0 Å². The topological polar surface area (TPSA) is 75.1 Å². The van der Waals surface area contributed by atoms with Gasteiger partial charge in [-0.25, -0.2) is 14.8 Å². The van der Waals surface area contributed by atoms with Crippen molar-refractivity contribution in [2.75, 3.05) is 5.32 Å². The largest absolute Gasteiger partial charge is 0.478 e. The van der Waals surface area contributed by atoms with Crippen LogP contribution in [0.2, 0.25) is 15.1 Å². The minimum absolute atomic E-state index is 0.0242. The molecule has 2 N–H and O–H groups in total. The maximum absolute atomic E-state index is 11.0. The molecule has 2 aromatic rings. The predicted molar refractivity (Wildman–Crippen MR) is 77.8 cm³/mol. The van der Waals surface area contributed by atoms with Crippen LogP contribution in [0.1, 0.15) is 16.1 Å². The van der Waals surface area contributed by atoms with Crippen molar-refractivity contribution in [2.45, 2.75) is 6.54 Å². The number of halogens is 3. The van der Waals surface area contributed by atoms with Gasteiger partial charge in [-0.05, 0) is 12.1 Å². The van der Waals surface area contributed by atoms with Crippen LogP contribution < -0.4 is 5.32 Å². The smallest absolute Gasteiger partial charge is 0.339 e. The van der Waals surface area contributed by atoms with Crippen LogP contribution in [0.3, 0.4) is 0 Å². The summed E-state index contributed by atoms with van der Waals surface area (Å²) in [6.45, 7) is 0.168. The van der Waals surface area contributed by atoms with Crippen molar-refractivity contribution in [2.24, 2.45) is 0 Å². The Labute approximate surface area is 129 Å². The van der Waals surface area contributed by atoms with Gasteiger partial charge in [0.15, 0.2) is 0 Å². The van der Waals surface area contributed by atoms with E-state index in [4.69, 9.17) is 39.9 Å². The van der Waals surface area contributed by atoms with Gasteiger partial charge >= 0.3 is 5.97 Å². The van der Waals surface area contributed by atoms with Crippen molar-refractivity contribution in [1.29, 1.82) is 0 Å². The van der Waals surface area contributed by atoms with Crippen LogP contribution in [0.5, 0.6) is 0 Å². The van der Waals surface area contributed by atoms with E-state index in [1.807, 2.05) is 0 Å². The van der Waals surface area contributed by atoms with Crippen LogP contribution in [-0.4, -0.2) is 21.0 Å². The maximum atomic E-state index is 11.0. The van der Waals surface area contributed by atoms with Gasteiger partial charge in [0.2, 0.25) is 0 Å². The quantitative estimate of drug-likeness (QED) is 0.834. The Morgan fingerprint density at radius 2 is 1.90 bits per heavy atom. The van der Waals surface area contributed by atoms with Gasteiger partial charge in [-0.1, -0.05) is 34.8 Å². The Bertz CT molecular complexity index is 664. The van der Waals surface area contributed by atoms with Gasteiger partial charge in [0.05, 0.1) is 33.0 Å². The third kappa shape index (κ3) is 3.30. The Morgan fingerprint density at radius 1 is 1.20 bits per heavy atom. The van der Waals surface area contributed by atoms with E-state index in [0.29, 0.717) is 26.4 Å². The molecule has 20 heavy (non-hydrogen) atoms. The molecular formula is C12H8Cl3N3O2. The molecular weight excluding hydrogens is 325 g/mol. The zero-order valence-corrected chi connectivity index (χ0v) is 12.2. The molecule has 0 aliphatic heterocycles. The zero-order valence-electron chi connectivity index (χ0n) is 9.90. The summed E-state index contributed by atoms with van der Waals surface area (Å²) < 4.78 is 0. The lowest BCUT2D eigenvalue weighted by molar-refractivity contribution is 0.0694. The van der Waals surface area contributed by atoms with Gasteiger partial charge in [0.1, 0.15) is 11.9 Å². The maximum Gasteiger partial charge on any atom is 0.339 e. The monoisotopic (exact) mass is 331 g/mol. The highest BCUT2D eigenvalue weighted by molar-refractivity contribution is 6.44. The molecule has 8 heteroatoms. The number of rotatable bonds is 4. The fourth-order valence-corrected chi connectivity index (χ4v) is 2.13. The number of nitrogens with one attached hydrogen (secondary N) is 1. The minimum Gasteiger partial charge on any atom is -0.478 e. The summed E-state index contributed by atoms with van der Waals surface area (Å²) in [6.07, 6.45) is 2.52. The van der Waals surface area contributed by atoms with Gasteiger partial charge in [0, 0.05) is 6.20 Å². The molecule has 0 amide bonds. The molecule has 0 aliphatic rings. The van der Waals surface area contributed by atoms with Gasteiger partial charge in [0.25, 0.3) is 0 Å². The number of nitrogens with zero attached hydrogens (tertiary/aromatic N) is 2. The number of anilines is 1. The Hall–Kier alpha value is -1.56. The lowest BCUT2D eigenvalue weighted by Crippen LogP contribution is -2.10. The number of hydrogen-bond donors (Lipinski definition) is 2. The van der Waals surface area contributed by atoms with Crippen LogP contribution in [0.4, 0.5) is 5.69 Å². The molecule has 0 bridgehead atoms. The summed E-state index contributed by atoms with van der Waals surface area (Å²) in [5.74, 6) is -1.09. The first-order chi connectivity index (χ1) is 9.49. The normalized spacial score (nSPS) is 10.3. The fourth-order valence-electron chi connectivity index (χ4n) is 1.51. The van der Waals surface area contributed by atoms with E-state index in [9.17, 15) is 4.79 Å². The number of carboxylic acid groups (broad SMARTS) is 1. The Kier molecular flexibility index (Phi) is 4.65. The molecule has 1 aromatic heterocycles. The molecule has 104 valence electrons. The van der Waals surface area contributed by atoms with Crippen molar-refractivity contribution in [3.8, 4) is 0 Å². The van der Waals surface area contributed by atoms with Crippen LogP contribution >= 0.6 is 34.8 Å². The molecule has 1 aromatic carbocycles. The van der Waals surface area contributed by atoms with Crippen molar-refractivity contribution in [1.82, 2.24) is 9.97 Å². The van der Waals surface area contributed by atoms with E-state index in [2.05, 4.69) is 15.3 Å². The summed E-state index contributed by atoms with van der Waals surface area (Å²) >= 11 is 17.7. The lowest BCUT2D eigenvalue weighted by Gasteiger charge is -2.10. The SMILES string of the molecule is O=C(O)c1cncnc1CNc1cc(Cl)c(Cl)cc1Cl. The van der Waals surface area contributed by atoms with E-state index in [-0.39, 0.29) is 12.1 Å². The van der Waals surface area contributed by atoms with Crippen molar-refractivity contribution in [3.05, 3.63) is 51.0 Å². The number of carbonyl (C=O) groups is 1. The third-order valence-electron chi connectivity index (χ3n) is 2.48. The van der Waals surface area contributed by atoms with E-state index >= 15 is 0 Å².